The van der Waals surface area contributed by atoms with E-state index in [1.807, 2.05) is 24.7 Å². The number of nitrogens with zero attached hydrogens (tertiary/aromatic N) is 6. The van der Waals surface area contributed by atoms with E-state index < -0.39 is 5.60 Å². The average Bonchev–Trinajstić information content (AvgIpc) is 3.68. The van der Waals surface area contributed by atoms with Gasteiger partial charge in [0.15, 0.2) is 5.82 Å². The minimum absolute atomic E-state index is 0.0491. The van der Waals surface area contributed by atoms with Gasteiger partial charge in [-0.25, -0.2) is 9.97 Å². The smallest absolute Gasteiger partial charge is 0.274 e. The number of aliphatic hydroxyl groups is 1. The topological polar surface area (TPSA) is 114 Å². The molecular weight excluding hydrogens is 542 g/mol. The van der Waals surface area contributed by atoms with Crippen molar-refractivity contribution in [3.8, 4) is 22.5 Å². The van der Waals surface area contributed by atoms with E-state index >= 15 is 0 Å². The van der Waals surface area contributed by atoms with Gasteiger partial charge in [0.25, 0.3) is 5.56 Å². The molecule has 1 aliphatic carbocycles. The first-order valence-corrected chi connectivity index (χ1v) is 15.3. The van der Waals surface area contributed by atoms with Crippen LogP contribution in [0, 0.1) is 5.92 Å². The van der Waals surface area contributed by atoms with Crippen LogP contribution in [0.25, 0.3) is 44.3 Å². The van der Waals surface area contributed by atoms with Crippen molar-refractivity contribution >= 4 is 27.6 Å². The van der Waals surface area contributed by atoms with E-state index in [1.54, 1.807) is 36.3 Å². The van der Waals surface area contributed by atoms with Crippen LogP contribution in [-0.2, 0) is 18.3 Å². The Balaban J connectivity index is 1.39. The molecule has 224 valence electrons. The Kier molecular flexibility index (Phi) is 7.05. The lowest BCUT2D eigenvalue weighted by Gasteiger charge is -2.42. The van der Waals surface area contributed by atoms with E-state index in [-0.39, 0.29) is 11.6 Å². The molecule has 0 spiro atoms. The SMILES string of the molecule is Cn1cc(-c2ccc3nc(-c4cnn(CC(C)(C)O)c4)nc(N4CCOC[C@@H]4C4CCCCC4)c3c2)c2cc[nH]c2c1=O. The molecule has 7 rings (SSSR count). The summed E-state index contributed by atoms with van der Waals surface area (Å²) in [5, 5.41) is 16.7. The van der Waals surface area contributed by atoms with Crippen molar-refractivity contribution in [2.75, 3.05) is 24.7 Å². The molecule has 0 radical (unpaired) electrons. The second-order valence-corrected chi connectivity index (χ2v) is 12.8. The van der Waals surface area contributed by atoms with E-state index in [2.05, 4.69) is 33.2 Å². The van der Waals surface area contributed by atoms with Crippen molar-refractivity contribution in [1.82, 2.24) is 29.3 Å². The number of rotatable bonds is 6. The molecule has 1 saturated carbocycles. The number of pyridine rings is 1. The average molecular weight is 582 g/mol. The number of aryl methyl sites for hydroxylation is 1. The Morgan fingerprint density at radius 1 is 1.07 bits per heavy atom. The van der Waals surface area contributed by atoms with Crippen molar-refractivity contribution in [2.45, 2.75) is 64.1 Å². The van der Waals surface area contributed by atoms with Crippen LogP contribution in [0.3, 0.4) is 0 Å². The van der Waals surface area contributed by atoms with Crippen LogP contribution in [0.5, 0.6) is 0 Å². The Bertz CT molecular complexity index is 1840. The first-order chi connectivity index (χ1) is 20.7. The zero-order valence-corrected chi connectivity index (χ0v) is 25.1. The van der Waals surface area contributed by atoms with Gasteiger partial charge in [-0.3, -0.25) is 9.48 Å². The minimum atomic E-state index is -0.887. The molecule has 1 aromatic carbocycles. The summed E-state index contributed by atoms with van der Waals surface area (Å²) in [5.41, 5.74) is 3.31. The molecule has 0 unspecified atom stereocenters. The zero-order valence-electron chi connectivity index (χ0n) is 25.1. The fourth-order valence-electron chi connectivity index (χ4n) is 6.88. The normalized spacial score (nSPS) is 18.6. The van der Waals surface area contributed by atoms with E-state index in [0.717, 1.165) is 45.3 Å². The third-order valence-electron chi connectivity index (χ3n) is 8.95. The maximum absolute atomic E-state index is 12.8. The van der Waals surface area contributed by atoms with Gasteiger partial charge in [0.1, 0.15) is 11.3 Å². The first-order valence-electron chi connectivity index (χ1n) is 15.3. The summed E-state index contributed by atoms with van der Waals surface area (Å²) in [4.78, 5) is 28.6. The molecule has 4 aromatic heterocycles. The third-order valence-corrected chi connectivity index (χ3v) is 8.95. The van der Waals surface area contributed by atoms with Crippen LogP contribution in [0.1, 0.15) is 46.0 Å². The first kappa shape index (κ1) is 27.8. The number of hydrogen-bond acceptors (Lipinski definition) is 7. The molecule has 10 heteroatoms. The standard InChI is InChI=1S/C33H39N7O3/c1-33(2,42)20-39-17-23(16-35-39)30-36-27-10-9-22(26-18-38(3)32(41)29-24(26)11-12-34-29)15-25(27)31(37-30)40-13-14-43-19-28(40)21-7-5-4-6-8-21/h9-12,15-18,21,28,34,42H,4-8,13-14,19-20H2,1-3H3/t28-/m1/s1. The summed E-state index contributed by atoms with van der Waals surface area (Å²) in [5.74, 6) is 2.08. The van der Waals surface area contributed by atoms with Gasteiger partial charge in [-0.2, -0.15) is 5.10 Å². The number of aromatic nitrogens is 6. The molecule has 1 aliphatic heterocycles. The van der Waals surface area contributed by atoms with Gasteiger partial charge in [0.05, 0.1) is 48.7 Å². The summed E-state index contributed by atoms with van der Waals surface area (Å²) in [6.45, 7) is 6.02. The molecule has 5 aromatic rings. The Labute approximate surface area is 250 Å². The van der Waals surface area contributed by atoms with Gasteiger partial charge in [-0.1, -0.05) is 25.3 Å². The fourth-order valence-corrected chi connectivity index (χ4v) is 6.88. The lowest BCUT2D eigenvalue weighted by atomic mass is 9.83. The summed E-state index contributed by atoms with van der Waals surface area (Å²) in [7, 11) is 1.79. The molecular formula is C33H39N7O3. The van der Waals surface area contributed by atoms with Gasteiger partial charge in [-0.05, 0) is 56.4 Å². The number of morpholine rings is 1. The molecule has 43 heavy (non-hydrogen) atoms. The lowest BCUT2D eigenvalue weighted by molar-refractivity contribution is 0.0577. The van der Waals surface area contributed by atoms with Crippen molar-refractivity contribution in [3.63, 3.8) is 0 Å². The van der Waals surface area contributed by atoms with Crippen molar-refractivity contribution in [3.05, 3.63) is 59.4 Å². The number of anilines is 1. The summed E-state index contributed by atoms with van der Waals surface area (Å²) in [6.07, 6.45) is 13.6. The fraction of sp³-hybridized carbons (Fsp3) is 0.455. The highest BCUT2D eigenvalue weighted by molar-refractivity contribution is 5.99. The summed E-state index contributed by atoms with van der Waals surface area (Å²) >= 11 is 0. The molecule has 2 aliphatic rings. The van der Waals surface area contributed by atoms with Gasteiger partial charge in [0.2, 0.25) is 0 Å². The number of aromatic amines is 1. The highest BCUT2D eigenvalue weighted by Gasteiger charge is 2.34. The summed E-state index contributed by atoms with van der Waals surface area (Å²) in [6, 6.07) is 8.51. The van der Waals surface area contributed by atoms with Crippen LogP contribution >= 0.6 is 0 Å². The van der Waals surface area contributed by atoms with E-state index in [0.29, 0.717) is 37.0 Å². The third kappa shape index (κ3) is 5.34. The van der Waals surface area contributed by atoms with Crippen LogP contribution in [-0.4, -0.2) is 65.8 Å². The molecule has 1 saturated heterocycles. The number of fused-ring (bicyclic) bond motifs is 2. The van der Waals surface area contributed by atoms with E-state index in [1.165, 1.54) is 32.1 Å². The molecule has 0 amide bonds. The van der Waals surface area contributed by atoms with Crippen LogP contribution in [0.4, 0.5) is 5.82 Å². The molecule has 2 N–H and O–H groups in total. The molecule has 0 bridgehead atoms. The lowest BCUT2D eigenvalue weighted by Crippen LogP contribution is -2.50. The van der Waals surface area contributed by atoms with Gasteiger partial charge < -0.3 is 24.3 Å². The Morgan fingerprint density at radius 3 is 2.72 bits per heavy atom. The maximum Gasteiger partial charge on any atom is 0.274 e. The second-order valence-electron chi connectivity index (χ2n) is 12.8. The second kappa shape index (κ2) is 10.9. The highest BCUT2D eigenvalue weighted by Crippen LogP contribution is 2.38. The van der Waals surface area contributed by atoms with Crippen LogP contribution < -0.4 is 10.5 Å². The number of benzene rings is 1. The predicted molar refractivity (Wildman–Crippen MR) is 168 cm³/mol. The van der Waals surface area contributed by atoms with E-state index in [4.69, 9.17) is 14.7 Å². The Morgan fingerprint density at radius 2 is 1.91 bits per heavy atom. The largest absolute Gasteiger partial charge is 0.389 e. The van der Waals surface area contributed by atoms with Gasteiger partial charge in [0, 0.05) is 48.5 Å². The number of hydrogen-bond donors (Lipinski definition) is 2. The number of ether oxygens (including phenoxy) is 1. The molecule has 2 fully saturated rings. The van der Waals surface area contributed by atoms with Crippen molar-refractivity contribution in [2.24, 2.45) is 13.0 Å². The van der Waals surface area contributed by atoms with Gasteiger partial charge in [-0.15, -0.1) is 0 Å². The predicted octanol–water partition coefficient (Wildman–Crippen LogP) is 4.90. The number of nitrogens with one attached hydrogen (secondary N) is 1. The maximum atomic E-state index is 12.8. The molecule has 1 atom stereocenters. The number of H-pyrrole nitrogens is 1. The monoisotopic (exact) mass is 581 g/mol. The Hall–Kier alpha value is -4.02. The molecule has 10 nitrogen and oxygen atoms in total. The quantitative estimate of drug-likeness (QED) is 0.293. The van der Waals surface area contributed by atoms with Gasteiger partial charge >= 0.3 is 0 Å². The van der Waals surface area contributed by atoms with Crippen molar-refractivity contribution < 1.29 is 9.84 Å². The minimum Gasteiger partial charge on any atom is -0.389 e. The molecule has 5 heterocycles. The highest BCUT2D eigenvalue weighted by atomic mass is 16.5. The zero-order chi connectivity index (χ0) is 29.7. The summed E-state index contributed by atoms with van der Waals surface area (Å²) < 4.78 is 9.44. The van der Waals surface area contributed by atoms with Crippen LogP contribution in [0.15, 0.2) is 53.8 Å². The van der Waals surface area contributed by atoms with E-state index in [9.17, 15) is 9.90 Å². The van der Waals surface area contributed by atoms with Crippen LogP contribution in [0.2, 0.25) is 0 Å². The van der Waals surface area contributed by atoms with Crippen molar-refractivity contribution in [1.29, 1.82) is 0 Å².